The molecule has 0 aliphatic rings. The van der Waals surface area contributed by atoms with Crippen molar-refractivity contribution in [2.24, 2.45) is 0 Å². The Morgan fingerprint density at radius 3 is 2.43 bits per heavy atom. The van der Waals surface area contributed by atoms with Crippen molar-refractivity contribution < 1.29 is 0 Å². The molecule has 118 valence electrons. The molecule has 0 bridgehead atoms. The Morgan fingerprint density at radius 1 is 1.00 bits per heavy atom. The summed E-state index contributed by atoms with van der Waals surface area (Å²) in [4.78, 5) is 22.0. The number of nitrogens with one attached hydrogen (secondary N) is 1. The van der Waals surface area contributed by atoms with Crippen LogP contribution in [0.4, 0.5) is 0 Å². The Hall–Kier alpha value is -2.46. The van der Waals surface area contributed by atoms with Crippen molar-refractivity contribution in [3.63, 3.8) is 0 Å². The number of nitrogens with zero attached hydrogens (tertiary/aromatic N) is 2. The first-order chi connectivity index (χ1) is 11.1. The summed E-state index contributed by atoms with van der Waals surface area (Å²) in [7, 11) is 0. The van der Waals surface area contributed by atoms with Gasteiger partial charge in [-0.25, -0.2) is 4.98 Å². The summed E-state index contributed by atoms with van der Waals surface area (Å²) in [6.07, 6.45) is 0. The van der Waals surface area contributed by atoms with Crippen LogP contribution in [0.1, 0.15) is 25.2 Å². The van der Waals surface area contributed by atoms with Crippen LogP contribution >= 0.6 is 0 Å². The maximum Gasteiger partial charge on any atom is 0.258 e. The number of hydrogen-bond acceptors (Lipinski definition) is 3. The highest BCUT2D eigenvalue weighted by Gasteiger charge is 2.13. The molecule has 2 aromatic carbocycles. The molecule has 0 saturated carbocycles. The molecule has 0 aliphatic carbocycles. The van der Waals surface area contributed by atoms with Gasteiger partial charge in [0.05, 0.1) is 17.4 Å². The van der Waals surface area contributed by atoms with Gasteiger partial charge in [0.1, 0.15) is 5.82 Å². The third kappa shape index (κ3) is 3.66. The van der Waals surface area contributed by atoms with Gasteiger partial charge >= 0.3 is 0 Å². The summed E-state index contributed by atoms with van der Waals surface area (Å²) in [5, 5.41) is 0.635. The second-order valence-corrected chi connectivity index (χ2v) is 6.01. The second kappa shape index (κ2) is 6.75. The van der Waals surface area contributed by atoms with Crippen LogP contribution in [0.5, 0.6) is 0 Å². The lowest BCUT2D eigenvalue weighted by Crippen LogP contribution is -2.31. The normalized spacial score (nSPS) is 11.5. The molecule has 0 spiro atoms. The van der Waals surface area contributed by atoms with Crippen LogP contribution in [0.15, 0.2) is 59.4 Å². The molecule has 0 amide bonds. The average molecular weight is 307 g/mol. The SMILES string of the molecule is CC(C)N(Cc1ccccc1)Cc1nc2ccccc2c(=O)[nH]1. The molecule has 4 nitrogen and oxygen atoms in total. The van der Waals surface area contributed by atoms with E-state index in [0.29, 0.717) is 23.8 Å². The van der Waals surface area contributed by atoms with E-state index in [0.717, 1.165) is 12.1 Å². The zero-order valence-electron chi connectivity index (χ0n) is 13.5. The lowest BCUT2D eigenvalue weighted by Gasteiger charge is -2.26. The molecule has 1 aromatic heterocycles. The number of benzene rings is 2. The number of H-pyrrole nitrogens is 1. The number of rotatable bonds is 5. The summed E-state index contributed by atoms with van der Waals surface area (Å²) < 4.78 is 0. The molecule has 0 unspecified atom stereocenters. The van der Waals surface area contributed by atoms with Crippen LogP contribution in [-0.4, -0.2) is 20.9 Å². The van der Waals surface area contributed by atoms with E-state index < -0.39 is 0 Å². The van der Waals surface area contributed by atoms with Crippen LogP contribution in [0.2, 0.25) is 0 Å². The van der Waals surface area contributed by atoms with Gasteiger partial charge in [-0.1, -0.05) is 42.5 Å². The number of aromatic nitrogens is 2. The van der Waals surface area contributed by atoms with Gasteiger partial charge < -0.3 is 4.98 Å². The molecule has 3 aromatic rings. The summed E-state index contributed by atoms with van der Waals surface area (Å²) >= 11 is 0. The van der Waals surface area contributed by atoms with Gasteiger partial charge in [-0.15, -0.1) is 0 Å². The first-order valence-corrected chi connectivity index (χ1v) is 7.89. The van der Waals surface area contributed by atoms with E-state index in [1.165, 1.54) is 5.56 Å². The van der Waals surface area contributed by atoms with E-state index in [4.69, 9.17) is 0 Å². The largest absolute Gasteiger partial charge is 0.309 e. The molecule has 0 aliphatic heterocycles. The van der Waals surface area contributed by atoms with Gasteiger partial charge in [0.15, 0.2) is 0 Å². The second-order valence-electron chi connectivity index (χ2n) is 6.01. The van der Waals surface area contributed by atoms with Gasteiger partial charge in [0.2, 0.25) is 0 Å². The Morgan fingerprint density at radius 2 is 1.70 bits per heavy atom. The average Bonchev–Trinajstić information content (AvgIpc) is 2.55. The molecule has 0 fully saturated rings. The first kappa shape index (κ1) is 15.4. The monoisotopic (exact) mass is 307 g/mol. The fraction of sp³-hybridized carbons (Fsp3) is 0.263. The van der Waals surface area contributed by atoms with E-state index in [1.807, 2.05) is 36.4 Å². The van der Waals surface area contributed by atoms with Crippen molar-refractivity contribution in [1.29, 1.82) is 0 Å². The van der Waals surface area contributed by atoms with E-state index in [-0.39, 0.29) is 5.56 Å². The summed E-state index contributed by atoms with van der Waals surface area (Å²) in [6, 6.07) is 18.1. The lowest BCUT2D eigenvalue weighted by molar-refractivity contribution is 0.198. The molecular weight excluding hydrogens is 286 g/mol. The molecule has 0 radical (unpaired) electrons. The first-order valence-electron chi connectivity index (χ1n) is 7.89. The highest BCUT2D eigenvalue weighted by atomic mass is 16.1. The van der Waals surface area contributed by atoms with Crippen LogP contribution < -0.4 is 5.56 Å². The van der Waals surface area contributed by atoms with Gasteiger partial charge in [-0.2, -0.15) is 0 Å². The predicted octanol–water partition coefficient (Wildman–Crippen LogP) is 3.33. The zero-order valence-corrected chi connectivity index (χ0v) is 13.5. The lowest BCUT2D eigenvalue weighted by atomic mass is 10.2. The van der Waals surface area contributed by atoms with Crippen LogP contribution in [-0.2, 0) is 13.1 Å². The number of hydrogen-bond donors (Lipinski definition) is 1. The van der Waals surface area contributed by atoms with Gasteiger partial charge in [-0.05, 0) is 31.5 Å². The maximum absolute atomic E-state index is 12.2. The van der Waals surface area contributed by atoms with Crippen molar-refractivity contribution in [3.05, 3.63) is 76.3 Å². The fourth-order valence-electron chi connectivity index (χ4n) is 2.64. The van der Waals surface area contributed by atoms with Crippen molar-refractivity contribution in [3.8, 4) is 0 Å². The summed E-state index contributed by atoms with van der Waals surface area (Å²) in [5.41, 5.74) is 1.92. The Kier molecular flexibility index (Phi) is 4.53. The fourth-order valence-corrected chi connectivity index (χ4v) is 2.64. The third-order valence-electron chi connectivity index (χ3n) is 3.97. The molecule has 1 heterocycles. The summed E-state index contributed by atoms with van der Waals surface area (Å²) in [5.74, 6) is 0.707. The molecule has 4 heteroatoms. The van der Waals surface area contributed by atoms with Gasteiger partial charge in [0, 0.05) is 12.6 Å². The molecule has 0 saturated heterocycles. The Bertz CT molecular complexity index is 840. The molecular formula is C19H21N3O. The van der Waals surface area contributed by atoms with Crippen molar-refractivity contribution in [1.82, 2.24) is 14.9 Å². The van der Waals surface area contributed by atoms with Gasteiger partial charge in [0.25, 0.3) is 5.56 Å². The van der Waals surface area contributed by atoms with Gasteiger partial charge in [-0.3, -0.25) is 9.69 Å². The Balaban J connectivity index is 1.87. The van der Waals surface area contributed by atoms with Crippen molar-refractivity contribution in [2.75, 3.05) is 0 Å². The van der Waals surface area contributed by atoms with Crippen LogP contribution in [0.25, 0.3) is 10.9 Å². The standard InChI is InChI=1S/C19H21N3O/c1-14(2)22(12-15-8-4-3-5-9-15)13-18-20-17-11-7-6-10-16(17)19(23)21-18/h3-11,14H,12-13H2,1-2H3,(H,20,21,23). The van der Waals surface area contributed by atoms with Crippen LogP contribution in [0.3, 0.4) is 0 Å². The molecule has 23 heavy (non-hydrogen) atoms. The predicted molar refractivity (Wildman–Crippen MR) is 93.2 cm³/mol. The summed E-state index contributed by atoms with van der Waals surface area (Å²) in [6.45, 7) is 5.76. The van der Waals surface area contributed by atoms with E-state index in [1.54, 1.807) is 6.07 Å². The smallest absolute Gasteiger partial charge is 0.258 e. The topological polar surface area (TPSA) is 49.0 Å². The van der Waals surface area contributed by atoms with Crippen LogP contribution in [0, 0.1) is 0 Å². The zero-order chi connectivity index (χ0) is 16.2. The van der Waals surface area contributed by atoms with Crippen molar-refractivity contribution in [2.45, 2.75) is 33.0 Å². The quantitative estimate of drug-likeness (QED) is 0.786. The third-order valence-corrected chi connectivity index (χ3v) is 3.97. The molecule has 3 rings (SSSR count). The highest BCUT2D eigenvalue weighted by molar-refractivity contribution is 5.77. The number of aromatic amines is 1. The maximum atomic E-state index is 12.2. The minimum Gasteiger partial charge on any atom is -0.309 e. The minimum atomic E-state index is -0.0750. The molecule has 0 atom stereocenters. The van der Waals surface area contributed by atoms with E-state index in [2.05, 4.69) is 40.8 Å². The minimum absolute atomic E-state index is 0.0750. The number of para-hydroxylation sites is 1. The van der Waals surface area contributed by atoms with E-state index in [9.17, 15) is 4.79 Å². The Labute approximate surface area is 135 Å². The number of fused-ring (bicyclic) bond motifs is 1. The van der Waals surface area contributed by atoms with E-state index >= 15 is 0 Å². The van der Waals surface area contributed by atoms with Crippen molar-refractivity contribution >= 4 is 10.9 Å². The molecule has 1 N–H and O–H groups in total. The highest BCUT2D eigenvalue weighted by Crippen LogP contribution is 2.12.